The second-order valence-corrected chi connectivity index (χ2v) is 5.88. The Morgan fingerprint density at radius 1 is 1.11 bits per heavy atom. The van der Waals surface area contributed by atoms with Crippen LogP contribution in [0.1, 0.15) is 36.0 Å². The van der Waals surface area contributed by atoms with Gasteiger partial charge in [0.05, 0.1) is 0 Å². The SMILES string of the molecule is CCC1C(c2cccc(C)c2C)[C]C2C=CC=CC21. The molecule has 0 amide bonds. The smallest absolute Gasteiger partial charge is 0.000869 e. The molecule has 1 saturated carbocycles. The van der Waals surface area contributed by atoms with E-state index >= 15 is 0 Å². The molecule has 4 unspecified atom stereocenters. The van der Waals surface area contributed by atoms with Crippen LogP contribution >= 0.6 is 0 Å². The minimum atomic E-state index is 0.493. The molecule has 0 nitrogen and oxygen atoms in total. The monoisotopic (exact) mass is 250 g/mol. The molecule has 0 heterocycles. The molecule has 0 aromatic heterocycles. The predicted molar refractivity (Wildman–Crippen MR) is 80.9 cm³/mol. The van der Waals surface area contributed by atoms with E-state index in [-0.39, 0.29) is 0 Å². The molecule has 0 heteroatoms. The molecule has 19 heavy (non-hydrogen) atoms. The summed E-state index contributed by atoms with van der Waals surface area (Å²) in [4.78, 5) is 0. The Hall–Kier alpha value is -1.30. The van der Waals surface area contributed by atoms with Crippen LogP contribution in [0.2, 0.25) is 0 Å². The number of allylic oxidation sites excluding steroid dienone is 4. The molecule has 2 aliphatic rings. The maximum Gasteiger partial charge on any atom is -0.000869 e. The summed E-state index contributed by atoms with van der Waals surface area (Å²) in [5, 5.41) is 0. The summed E-state index contributed by atoms with van der Waals surface area (Å²) in [7, 11) is 0. The molecule has 1 aromatic rings. The van der Waals surface area contributed by atoms with E-state index in [1.165, 1.54) is 23.1 Å². The summed E-state index contributed by atoms with van der Waals surface area (Å²) in [5.41, 5.74) is 4.34. The van der Waals surface area contributed by atoms with E-state index in [0.717, 1.165) is 0 Å². The molecule has 3 rings (SSSR count). The van der Waals surface area contributed by atoms with Crippen molar-refractivity contribution < 1.29 is 0 Å². The quantitative estimate of drug-likeness (QED) is 0.702. The van der Waals surface area contributed by atoms with Gasteiger partial charge in [0.1, 0.15) is 0 Å². The molecule has 2 radical (unpaired) electrons. The fourth-order valence-electron chi connectivity index (χ4n) is 3.69. The fraction of sp³-hybridized carbons (Fsp3) is 0.421. The van der Waals surface area contributed by atoms with Crippen LogP contribution in [0.25, 0.3) is 0 Å². The van der Waals surface area contributed by atoms with Crippen LogP contribution < -0.4 is 0 Å². The molecule has 0 aliphatic heterocycles. The molecular weight excluding hydrogens is 228 g/mol. The van der Waals surface area contributed by atoms with Gasteiger partial charge in [-0.15, -0.1) is 0 Å². The van der Waals surface area contributed by atoms with Crippen molar-refractivity contribution in [1.82, 2.24) is 0 Å². The van der Waals surface area contributed by atoms with Crippen LogP contribution in [0, 0.1) is 38.0 Å². The van der Waals surface area contributed by atoms with Crippen molar-refractivity contribution in [3.05, 3.63) is 65.6 Å². The second-order valence-electron chi connectivity index (χ2n) is 5.88. The minimum Gasteiger partial charge on any atom is -0.0805 e. The predicted octanol–water partition coefficient (Wildman–Crippen LogP) is 4.87. The highest BCUT2D eigenvalue weighted by atomic mass is 14.4. The van der Waals surface area contributed by atoms with E-state index in [1.807, 2.05) is 0 Å². The van der Waals surface area contributed by atoms with Crippen molar-refractivity contribution in [2.45, 2.75) is 33.1 Å². The van der Waals surface area contributed by atoms with Crippen LogP contribution in [-0.2, 0) is 0 Å². The number of aryl methyl sites for hydroxylation is 1. The lowest BCUT2D eigenvalue weighted by Crippen LogP contribution is -2.15. The van der Waals surface area contributed by atoms with Gasteiger partial charge in [0.25, 0.3) is 0 Å². The zero-order valence-electron chi connectivity index (χ0n) is 12.1. The highest BCUT2D eigenvalue weighted by molar-refractivity contribution is 5.40. The molecule has 0 N–H and O–H groups in total. The molecule has 1 fully saturated rings. The normalized spacial score (nSPS) is 32.6. The Balaban J connectivity index is 1.98. The highest BCUT2D eigenvalue weighted by Gasteiger charge is 2.41. The third kappa shape index (κ3) is 2.08. The van der Waals surface area contributed by atoms with Gasteiger partial charge in [-0.2, -0.15) is 0 Å². The molecular formula is C19H22. The van der Waals surface area contributed by atoms with Gasteiger partial charge >= 0.3 is 0 Å². The van der Waals surface area contributed by atoms with E-state index < -0.39 is 0 Å². The standard InChI is InChI=1S/C19H22/c1-4-16-18-10-6-5-9-15(18)12-19(16)17-11-7-8-13(2)14(17)3/h5-11,15-16,18-19H,4H2,1-3H3. The van der Waals surface area contributed by atoms with E-state index in [4.69, 9.17) is 0 Å². The lowest BCUT2D eigenvalue weighted by atomic mass is 9.80. The first-order chi connectivity index (χ1) is 9.22. The van der Waals surface area contributed by atoms with Gasteiger partial charge in [0, 0.05) is 0 Å². The summed E-state index contributed by atoms with van der Waals surface area (Å²) in [5.74, 6) is 2.36. The van der Waals surface area contributed by atoms with Crippen molar-refractivity contribution >= 4 is 0 Å². The van der Waals surface area contributed by atoms with Crippen molar-refractivity contribution in [2.75, 3.05) is 0 Å². The first kappa shape index (κ1) is 12.7. The number of hydrogen-bond acceptors (Lipinski definition) is 0. The maximum atomic E-state index is 3.84. The summed E-state index contributed by atoms with van der Waals surface area (Å²) in [6.45, 7) is 6.79. The Bertz CT molecular complexity index is 521. The van der Waals surface area contributed by atoms with Gasteiger partial charge in [0.2, 0.25) is 0 Å². The van der Waals surface area contributed by atoms with Crippen molar-refractivity contribution in [3.8, 4) is 0 Å². The second kappa shape index (κ2) is 5.00. The van der Waals surface area contributed by atoms with Crippen LogP contribution in [0.3, 0.4) is 0 Å². The Labute approximate surface area is 117 Å². The van der Waals surface area contributed by atoms with Crippen LogP contribution in [-0.4, -0.2) is 0 Å². The average molecular weight is 250 g/mol. The molecule has 2 aliphatic carbocycles. The molecule has 0 saturated heterocycles. The highest BCUT2D eigenvalue weighted by Crippen LogP contribution is 2.50. The lowest BCUT2D eigenvalue weighted by molar-refractivity contribution is 0.383. The molecule has 0 spiro atoms. The summed E-state index contributed by atoms with van der Waals surface area (Å²) >= 11 is 0. The Morgan fingerprint density at radius 2 is 1.89 bits per heavy atom. The van der Waals surface area contributed by atoms with Gasteiger partial charge < -0.3 is 0 Å². The zero-order chi connectivity index (χ0) is 13.4. The summed E-state index contributed by atoms with van der Waals surface area (Å²) < 4.78 is 0. The van der Waals surface area contributed by atoms with Gasteiger partial charge in [-0.25, -0.2) is 0 Å². The molecule has 0 bridgehead atoms. The van der Waals surface area contributed by atoms with E-state index in [9.17, 15) is 0 Å². The van der Waals surface area contributed by atoms with Gasteiger partial charge in [-0.05, 0) is 60.6 Å². The van der Waals surface area contributed by atoms with E-state index in [1.54, 1.807) is 0 Å². The Kier molecular flexibility index (Phi) is 3.35. The average Bonchev–Trinajstić information content (AvgIpc) is 2.80. The number of benzene rings is 1. The van der Waals surface area contributed by atoms with Gasteiger partial charge in [-0.1, -0.05) is 55.8 Å². The number of rotatable bonds is 2. The van der Waals surface area contributed by atoms with Crippen LogP contribution in [0.5, 0.6) is 0 Å². The Morgan fingerprint density at radius 3 is 2.68 bits per heavy atom. The number of fused-ring (bicyclic) bond motifs is 1. The van der Waals surface area contributed by atoms with Crippen molar-refractivity contribution in [2.24, 2.45) is 17.8 Å². The zero-order valence-corrected chi connectivity index (χ0v) is 12.1. The fourth-order valence-corrected chi connectivity index (χ4v) is 3.69. The van der Waals surface area contributed by atoms with Crippen LogP contribution in [0.4, 0.5) is 0 Å². The van der Waals surface area contributed by atoms with Crippen molar-refractivity contribution in [3.63, 3.8) is 0 Å². The summed E-state index contributed by atoms with van der Waals surface area (Å²) in [6.07, 6.45) is 14.1. The van der Waals surface area contributed by atoms with E-state index in [0.29, 0.717) is 23.7 Å². The van der Waals surface area contributed by atoms with Gasteiger partial charge in [0.15, 0.2) is 0 Å². The van der Waals surface area contributed by atoms with Gasteiger partial charge in [-0.3, -0.25) is 0 Å². The summed E-state index contributed by atoms with van der Waals surface area (Å²) in [6, 6.07) is 6.70. The molecule has 1 aromatic carbocycles. The first-order valence-electron chi connectivity index (χ1n) is 7.39. The largest absolute Gasteiger partial charge is 0.0805 e. The van der Waals surface area contributed by atoms with Crippen LogP contribution in [0.15, 0.2) is 42.5 Å². The minimum absolute atomic E-state index is 0.493. The molecule has 4 atom stereocenters. The van der Waals surface area contributed by atoms with Crippen molar-refractivity contribution in [1.29, 1.82) is 0 Å². The third-order valence-electron chi connectivity index (χ3n) is 4.93. The topological polar surface area (TPSA) is 0 Å². The first-order valence-corrected chi connectivity index (χ1v) is 7.39. The lowest BCUT2D eigenvalue weighted by Gasteiger charge is -2.25. The number of hydrogen-bond donors (Lipinski definition) is 0. The third-order valence-corrected chi connectivity index (χ3v) is 4.93. The molecule has 98 valence electrons. The maximum absolute atomic E-state index is 3.84. The van der Waals surface area contributed by atoms with E-state index in [2.05, 4.69) is 69.7 Å².